The zero-order valence-corrected chi connectivity index (χ0v) is 6.04. The van der Waals surface area contributed by atoms with E-state index in [0.717, 1.165) is 6.92 Å². The fourth-order valence-electron chi connectivity index (χ4n) is 0.273. The van der Waals surface area contributed by atoms with Crippen LogP contribution >= 0.6 is 12.4 Å². The fraction of sp³-hybridized carbons (Fsp3) is 1.00. The third-order valence-corrected chi connectivity index (χ3v) is 0.898. The van der Waals surface area contributed by atoms with Crippen LogP contribution in [0.4, 0.5) is 13.2 Å². The Morgan fingerprint density at radius 3 is 1.70 bits per heavy atom. The lowest BCUT2D eigenvalue weighted by molar-refractivity contribution is -0.166. The van der Waals surface area contributed by atoms with Crippen LogP contribution in [0.2, 0.25) is 0 Å². The number of aliphatic hydroxyl groups excluding tert-OH is 1. The zero-order valence-electron chi connectivity index (χ0n) is 5.22. The van der Waals surface area contributed by atoms with Crippen molar-refractivity contribution < 1.29 is 18.3 Å². The minimum Gasteiger partial charge on any atom is -0.391 e. The molecule has 3 N–H and O–H groups in total. The molecular formula is C4H9ClF3NO. The molecule has 10 heavy (non-hydrogen) atoms. The second kappa shape index (κ2) is 4.00. The molecule has 64 valence electrons. The molecule has 0 aliphatic carbocycles. The van der Waals surface area contributed by atoms with Crippen LogP contribution in [0.25, 0.3) is 0 Å². The van der Waals surface area contributed by atoms with Crippen molar-refractivity contribution in [3.63, 3.8) is 0 Å². The number of hydrogen-bond acceptors (Lipinski definition) is 2. The lowest BCUT2D eigenvalue weighted by atomic mass is 10.2. The normalized spacial score (nSPS) is 17.4. The molecular weight excluding hydrogens is 170 g/mol. The van der Waals surface area contributed by atoms with Gasteiger partial charge in [0.1, 0.15) is 6.04 Å². The molecule has 6 heteroatoms. The standard InChI is InChI=1S/C4H8F3NO.ClH/c1-2(9)3(8)4(5,6)7;/h2-3,9H,8H2,1H3;1H. The zero-order chi connectivity index (χ0) is 7.65. The lowest BCUT2D eigenvalue weighted by Crippen LogP contribution is -2.45. The highest BCUT2D eigenvalue weighted by molar-refractivity contribution is 5.85. The van der Waals surface area contributed by atoms with Crippen molar-refractivity contribution in [1.82, 2.24) is 0 Å². The van der Waals surface area contributed by atoms with Crippen LogP contribution in [0.15, 0.2) is 0 Å². The molecule has 2 unspecified atom stereocenters. The first-order valence-corrected chi connectivity index (χ1v) is 2.36. The van der Waals surface area contributed by atoms with Crippen LogP contribution in [0.5, 0.6) is 0 Å². The predicted molar refractivity (Wildman–Crippen MR) is 33.0 cm³/mol. The van der Waals surface area contributed by atoms with E-state index in [0.29, 0.717) is 0 Å². The second-order valence-corrected chi connectivity index (χ2v) is 1.81. The molecule has 0 bridgehead atoms. The minimum atomic E-state index is -4.49. The van der Waals surface area contributed by atoms with E-state index >= 15 is 0 Å². The van der Waals surface area contributed by atoms with Gasteiger partial charge in [0.2, 0.25) is 0 Å². The van der Waals surface area contributed by atoms with Crippen molar-refractivity contribution in [2.75, 3.05) is 0 Å². The van der Waals surface area contributed by atoms with E-state index in [9.17, 15) is 13.2 Å². The summed E-state index contributed by atoms with van der Waals surface area (Å²) in [6, 6.07) is -2.13. The first-order chi connectivity index (χ1) is 3.85. The monoisotopic (exact) mass is 179 g/mol. The summed E-state index contributed by atoms with van der Waals surface area (Å²) in [6.07, 6.45) is -6.03. The molecule has 0 aromatic rings. The minimum absolute atomic E-state index is 0. The molecule has 0 aromatic heterocycles. The van der Waals surface area contributed by atoms with E-state index in [4.69, 9.17) is 5.11 Å². The van der Waals surface area contributed by atoms with E-state index < -0.39 is 18.3 Å². The summed E-state index contributed by atoms with van der Waals surface area (Å²) in [7, 11) is 0. The van der Waals surface area contributed by atoms with Crippen molar-refractivity contribution in [3.05, 3.63) is 0 Å². The van der Waals surface area contributed by atoms with E-state index in [-0.39, 0.29) is 12.4 Å². The molecule has 2 nitrogen and oxygen atoms in total. The topological polar surface area (TPSA) is 46.2 Å². The first-order valence-electron chi connectivity index (χ1n) is 2.36. The predicted octanol–water partition coefficient (Wildman–Crippen LogP) is 0.679. The number of alkyl halides is 3. The molecule has 0 aliphatic rings. The Hall–Kier alpha value is -0.0000000000000000555. The van der Waals surface area contributed by atoms with E-state index in [2.05, 4.69) is 5.73 Å². The van der Waals surface area contributed by atoms with Crippen molar-refractivity contribution in [3.8, 4) is 0 Å². The number of rotatable bonds is 1. The Balaban J connectivity index is 0. The molecule has 0 fully saturated rings. The van der Waals surface area contributed by atoms with Crippen molar-refractivity contribution in [2.24, 2.45) is 5.73 Å². The molecule has 0 aliphatic heterocycles. The summed E-state index contributed by atoms with van der Waals surface area (Å²) in [5, 5.41) is 8.31. The van der Waals surface area contributed by atoms with Gasteiger partial charge in [-0.25, -0.2) is 0 Å². The molecule has 0 saturated carbocycles. The van der Waals surface area contributed by atoms with Crippen molar-refractivity contribution >= 4 is 12.4 Å². The molecule has 0 rings (SSSR count). The number of hydrogen-bond donors (Lipinski definition) is 2. The molecule has 0 heterocycles. The van der Waals surface area contributed by atoms with Crippen molar-refractivity contribution in [2.45, 2.75) is 25.2 Å². The summed E-state index contributed by atoms with van der Waals surface area (Å²) in [4.78, 5) is 0. The van der Waals surface area contributed by atoms with E-state index in [1.807, 2.05) is 0 Å². The number of nitrogens with two attached hydrogens (primary N) is 1. The van der Waals surface area contributed by atoms with Crippen LogP contribution in [0.1, 0.15) is 6.92 Å². The third-order valence-electron chi connectivity index (χ3n) is 0.898. The summed E-state index contributed by atoms with van der Waals surface area (Å²) >= 11 is 0. The molecule has 0 aromatic carbocycles. The van der Waals surface area contributed by atoms with Gasteiger partial charge in [0.15, 0.2) is 0 Å². The van der Waals surface area contributed by atoms with Gasteiger partial charge in [0, 0.05) is 0 Å². The molecule has 0 amide bonds. The Labute approximate surface area is 62.6 Å². The molecule has 0 radical (unpaired) electrons. The van der Waals surface area contributed by atoms with Crippen LogP contribution in [0, 0.1) is 0 Å². The van der Waals surface area contributed by atoms with Gasteiger partial charge in [0.05, 0.1) is 6.10 Å². The molecule has 0 spiro atoms. The smallest absolute Gasteiger partial charge is 0.391 e. The highest BCUT2D eigenvalue weighted by Gasteiger charge is 2.39. The molecule has 0 saturated heterocycles. The lowest BCUT2D eigenvalue weighted by Gasteiger charge is -2.17. The SMILES string of the molecule is CC(O)C(N)C(F)(F)F.Cl. The van der Waals surface area contributed by atoms with E-state index in [1.54, 1.807) is 0 Å². The summed E-state index contributed by atoms with van der Waals surface area (Å²) in [5.74, 6) is 0. The Bertz CT molecular complexity index is 95.0. The maximum atomic E-state index is 11.4. The number of aliphatic hydroxyl groups is 1. The van der Waals surface area contributed by atoms with Crippen molar-refractivity contribution in [1.29, 1.82) is 0 Å². The first kappa shape index (κ1) is 12.7. The largest absolute Gasteiger partial charge is 0.406 e. The van der Waals surface area contributed by atoms with Crippen LogP contribution in [-0.4, -0.2) is 23.4 Å². The van der Waals surface area contributed by atoms with Crippen LogP contribution in [-0.2, 0) is 0 Å². The van der Waals surface area contributed by atoms with Gasteiger partial charge in [0.25, 0.3) is 0 Å². The number of halogens is 4. The van der Waals surface area contributed by atoms with Gasteiger partial charge in [-0.05, 0) is 6.92 Å². The Morgan fingerprint density at radius 1 is 1.40 bits per heavy atom. The summed E-state index contributed by atoms with van der Waals surface area (Å²) in [6.45, 7) is 0.998. The highest BCUT2D eigenvalue weighted by Crippen LogP contribution is 2.20. The van der Waals surface area contributed by atoms with E-state index in [1.165, 1.54) is 0 Å². The second-order valence-electron chi connectivity index (χ2n) is 1.81. The Morgan fingerprint density at radius 2 is 1.70 bits per heavy atom. The fourth-order valence-corrected chi connectivity index (χ4v) is 0.273. The summed E-state index contributed by atoms with van der Waals surface area (Å²) < 4.78 is 34.2. The Kier molecular flexibility index (Phi) is 5.06. The maximum Gasteiger partial charge on any atom is 0.406 e. The highest BCUT2D eigenvalue weighted by atomic mass is 35.5. The summed E-state index contributed by atoms with van der Waals surface area (Å²) in [5.41, 5.74) is 4.52. The quantitative estimate of drug-likeness (QED) is 0.622. The van der Waals surface area contributed by atoms with Gasteiger partial charge in [-0.3, -0.25) is 0 Å². The van der Waals surface area contributed by atoms with Gasteiger partial charge < -0.3 is 10.8 Å². The average molecular weight is 180 g/mol. The third kappa shape index (κ3) is 3.92. The van der Waals surface area contributed by atoms with Gasteiger partial charge in [-0.1, -0.05) is 0 Å². The van der Waals surface area contributed by atoms with Crippen LogP contribution < -0.4 is 5.73 Å². The van der Waals surface area contributed by atoms with Gasteiger partial charge in [-0.15, -0.1) is 12.4 Å². The van der Waals surface area contributed by atoms with Gasteiger partial charge in [-0.2, -0.15) is 13.2 Å². The maximum absolute atomic E-state index is 11.4. The van der Waals surface area contributed by atoms with Gasteiger partial charge >= 0.3 is 6.18 Å². The molecule has 2 atom stereocenters. The van der Waals surface area contributed by atoms with Crippen LogP contribution in [0.3, 0.4) is 0 Å². The average Bonchev–Trinajstić information content (AvgIpc) is 1.62.